The van der Waals surface area contributed by atoms with Crippen LogP contribution in [0.2, 0.25) is 0 Å². The highest BCUT2D eigenvalue weighted by molar-refractivity contribution is 14.1. The summed E-state index contributed by atoms with van der Waals surface area (Å²) in [6.45, 7) is 12.0. The van der Waals surface area contributed by atoms with Crippen LogP contribution in [0, 0.1) is 7.14 Å². The number of aromatic nitrogens is 8. The van der Waals surface area contributed by atoms with Crippen LogP contribution in [0.4, 0.5) is 9.59 Å². The van der Waals surface area contributed by atoms with Gasteiger partial charge < -0.3 is 48.5 Å². The van der Waals surface area contributed by atoms with E-state index >= 15 is 16.8 Å². The Labute approximate surface area is 666 Å². The number of nitrogens with zero attached hydrogens (tertiary/aromatic N) is 10. The zero-order valence-corrected chi connectivity index (χ0v) is 69.4. The van der Waals surface area contributed by atoms with Gasteiger partial charge in [-0.05, 0) is 233 Å². The number of tetrazole rings is 2. The molecule has 0 aliphatic heterocycles. The molecule has 2 amide bonds. The summed E-state index contributed by atoms with van der Waals surface area (Å²) in [4.78, 5) is 27.2. The fourth-order valence-corrected chi connectivity index (χ4v) is 18.4. The first-order valence-corrected chi connectivity index (χ1v) is 40.8. The molecule has 108 heavy (non-hydrogen) atoms. The number of amides is 2. The average molecular weight is 1770 g/mol. The monoisotopic (exact) mass is 1770 g/mol. The molecule has 32 heteroatoms. The fourth-order valence-electron chi connectivity index (χ4n) is 10.6. The topological polar surface area (TPSA) is 294 Å². The normalized spacial score (nSPS) is 11.7. The number of hydrogen-bond acceptors (Lipinski definition) is 22. The van der Waals surface area contributed by atoms with Gasteiger partial charge in [-0.15, -0.1) is 38.8 Å². The molecule has 0 bridgehead atoms. The lowest BCUT2D eigenvalue weighted by Crippen LogP contribution is -2.33. The van der Waals surface area contributed by atoms with E-state index in [-0.39, 0.29) is 67.3 Å². The maximum Gasteiger partial charge on any atom is 0.407 e. The minimum Gasteiger partial charge on any atom is -0.497 e. The number of methoxy groups -OCH3 is 6. The van der Waals surface area contributed by atoms with Crippen molar-refractivity contribution >= 4 is 101 Å². The Balaban J connectivity index is 0.000000249. The lowest BCUT2D eigenvalue weighted by molar-refractivity contribution is 0.0519. The summed E-state index contributed by atoms with van der Waals surface area (Å²) >= 11 is 6.85. The van der Waals surface area contributed by atoms with E-state index in [0.29, 0.717) is 74.9 Å². The molecule has 26 nitrogen and oxygen atoms in total. The Morgan fingerprint density at radius 2 is 0.759 bits per heavy atom. The van der Waals surface area contributed by atoms with Gasteiger partial charge in [0.25, 0.3) is 0 Å². The van der Waals surface area contributed by atoms with Gasteiger partial charge in [0.1, 0.15) is 55.5 Å². The molecule has 0 radical (unpaired) electrons. The Hall–Kier alpha value is -8.78. The minimum atomic E-state index is -4.31. The van der Waals surface area contributed by atoms with Crippen molar-refractivity contribution in [3.63, 3.8) is 0 Å². The van der Waals surface area contributed by atoms with Crippen molar-refractivity contribution in [1.82, 2.24) is 59.7 Å². The number of rotatable bonds is 32. The van der Waals surface area contributed by atoms with Crippen LogP contribution < -0.4 is 39.1 Å². The SMILES string of the molecule is COc1ccc(CN(Cc2ccc(OC)cc2)S(=O)(=O)c2c(SCCNC(=O)OC(C)(C)C)ccc(I)c2-c2nnn(Cc3ccc(OC)cc3)n2)cc1.COc1ccc(CN(Cc2ccc(OC)cc2)S(=O)(=O)c2c(SCCNC(=O)OC(C)(C)C)ccc(I)c2-c2nnnn2Cc2ccc(OC)cc2)cc1. The number of ether oxygens (including phenoxy) is 8. The van der Waals surface area contributed by atoms with Crippen molar-refractivity contribution < 1.29 is 64.3 Å². The number of sulfonamides is 2. The number of alkyl carbamates (subject to hydrolysis) is 2. The Morgan fingerprint density at radius 3 is 1.10 bits per heavy atom. The highest BCUT2D eigenvalue weighted by Crippen LogP contribution is 2.43. The molecular weight excluding hydrogens is 1690 g/mol. The van der Waals surface area contributed by atoms with Crippen LogP contribution in [-0.2, 0) is 68.8 Å². The van der Waals surface area contributed by atoms with Crippen molar-refractivity contribution in [1.29, 1.82) is 0 Å². The van der Waals surface area contributed by atoms with E-state index in [0.717, 1.165) is 39.1 Å². The third kappa shape index (κ3) is 23.4. The summed E-state index contributed by atoms with van der Waals surface area (Å²) in [5.74, 6) is 5.23. The van der Waals surface area contributed by atoms with Gasteiger partial charge in [-0.25, -0.2) is 31.1 Å². The standard InChI is InChI=1S/2C38H43IN6O7S2/c1-38(2,3)52-37(46)40-21-22-53-33-20-19-32(39)34(36-41-42-43-45(36)25-28-11-17-31(51-6)18-12-28)35(33)54(47,48)44(23-26-7-13-29(49-4)14-8-26)24-27-9-15-30(50-5)16-10-27;1-38(2,3)52-37(46)40-21-22-53-33-20-19-32(39)34(36-41-43-45(42-36)25-28-11-17-31(51-6)18-12-28)35(33)54(47,48)44(23-26-7-13-29(49-4)14-8-26)24-27-9-15-30(50-5)16-10-27/h2*7-20H,21-25H2,1-6H3,(H,40,46). The van der Waals surface area contributed by atoms with E-state index in [1.807, 2.05) is 109 Å². The molecule has 8 aromatic carbocycles. The van der Waals surface area contributed by atoms with Gasteiger partial charge in [0.15, 0.2) is 5.82 Å². The molecule has 0 atom stereocenters. The number of carbonyl (C=O) groups is 2. The summed E-state index contributed by atoms with van der Waals surface area (Å²) in [6, 6.07) is 51.4. The zero-order chi connectivity index (χ0) is 77.8. The molecule has 2 N–H and O–H groups in total. The van der Waals surface area contributed by atoms with Crippen LogP contribution in [0.3, 0.4) is 0 Å². The quantitative estimate of drug-likeness (QED) is 0.0225. The summed E-state index contributed by atoms with van der Waals surface area (Å²) in [7, 11) is 0.929. The number of halogens is 2. The molecule has 0 unspecified atom stereocenters. The largest absolute Gasteiger partial charge is 0.497 e. The van der Waals surface area contributed by atoms with Crippen LogP contribution in [0.5, 0.6) is 34.5 Å². The Kier molecular flexibility index (Phi) is 29.7. The molecule has 10 aromatic rings. The van der Waals surface area contributed by atoms with Crippen LogP contribution in [0.25, 0.3) is 22.8 Å². The van der Waals surface area contributed by atoms with E-state index in [1.54, 1.807) is 150 Å². The van der Waals surface area contributed by atoms with Crippen molar-refractivity contribution in [2.45, 2.75) is 112 Å². The predicted octanol–water partition coefficient (Wildman–Crippen LogP) is 14.1. The van der Waals surface area contributed by atoms with Crippen molar-refractivity contribution in [3.05, 3.63) is 210 Å². The molecule has 2 aromatic heterocycles. The van der Waals surface area contributed by atoms with Gasteiger partial charge in [-0.1, -0.05) is 72.8 Å². The molecule has 0 fully saturated rings. The molecule has 0 aliphatic carbocycles. The summed E-state index contributed by atoms with van der Waals surface area (Å²) in [5, 5.41) is 31.5. The second-order valence-corrected chi connectivity index (χ2v) is 34.3. The smallest absolute Gasteiger partial charge is 0.407 e. The van der Waals surface area contributed by atoms with Gasteiger partial charge in [0.2, 0.25) is 25.9 Å². The lowest BCUT2D eigenvalue weighted by Gasteiger charge is -2.26. The zero-order valence-electron chi connectivity index (χ0n) is 61.8. The maximum atomic E-state index is 15.4. The van der Waals surface area contributed by atoms with Crippen molar-refractivity contribution in [2.75, 3.05) is 67.3 Å². The van der Waals surface area contributed by atoms with Gasteiger partial charge in [-0.2, -0.15) is 13.4 Å². The molecule has 0 saturated heterocycles. The van der Waals surface area contributed by atoms with Crippen molar-refractivity contribution in [3.8, 4) is 57.3 Å². The average Bonchev–Trinajstić information content (AvgIpc) is 1.17. The van der Waals surface area contributed by atoms with E-state index in [2.05, 4.69) is 86.8 Å². The lowest BCUT2D eigenvalue weighted by atomic mass is 10.2. The first-order valence-electron chi connectivity index (χ1n) is 33.8. The van der Waals surface area contributed by atoms with Gasteiger partial charge >= 0.3 is 12.2 Å². The highest BCUT2D eigenvalue weighted by atomic mass is 127. The van der Waals surface area contributed by atoms with E-state index in [1.165, 1.54) is 36.9 Å². The van der Waals surface area contributed by atoms with E-state index in [4.69, 9.17) is 37.9 Å². The maximum absolute atomic E-state index is 15.4. The molecule has 572 valence electrons. The molecular formula is C76H86I2N12O14S4. The highest BCUT2D eigenvalue weighted by Gasteiger charge is 2.37. The van der Waals surface area contributed by atoms with E-state index in [9.17, 15) is 9.59 Å². The molecule has 0 saturated carbocycles. The van der Waals surface area contributed by atoms with E-state index < -0.39 is 43.4 Å². The fraction of sp³-hybridized carbons (Fsp3) is 0.316. The number of nitrogens with one attached hydrogen (secondary N) is 2. The van der Waals surface area contributed by atoms with Crippen LogP contribution in [0.1, 0.15) is 74.9 Å². The first-order chi connectivity index (χ1) is 51.6. The number of hydrogen-bond donors (Lipinski definition) is 2. The van der Waals surface area contributed by atoms with Gasteiger partial charge in [-0.3, -0.25) is 0 Å². The number of thioether (sulfide) groups is 2. The second kappa shape index (κ2) is 38.5. The summed E-state index contributed by atoms with van der Waals surface area (Å²) in [6.07, 6.45) is -1.11. The second-order valence-electron chi connectivity index (χ2n) is 26.0. The Bertz CT molecular complexity index is 4760. The third-order valence-electron chi connectivity index (χ3n) is 15.9. The molecule has 0 spiro atoms. The third-order valence-corrected chi connectivity index (χ3v) is 23.8. The van der Waals surface area contributed by atoms with Gasteiger partial charge in [0.05, 0.1) is 66.9 Å². The van der Waals surface area contributed by atoms with Crippen LogP contribution in [0.15, 0.2) is 189 Å². The first kappa shape index (κ1) is 83.3. The van der Waals surface area contributed by atoms with Crippen LogP contribution >= 0.6 is 68.7 Å². The number of benzene rings is 8. The molecule has 0 aliphatic rings. The summed E-state index contributed by atoms with van der Waals surface area (Å²) < 4.78 is 110. The predicted molar refractivity (Wildman–Crippen MR) is 431 cm³/mol. The van der Waals surface area contributed by atoms with Crippen LogP contribution in [-0.4, -0.2) is 157 Å². The Morgan fingerprint density at radius 1 is 0.435 bits per heavy atom. The minimum absolute atomic E-state index is 0.0442. The number of carbonyl (C=O) groups excluding carboxylic acids is 2. The molecule has 2 heterocycles. The molecule has 10 rings (SSSR count). The van der Waals surface area contributed by atoms with Gasteiger partial charge in [0, 0.05) is 67.7 Å². The summed E-state index contributed by atoms with van der Waals surface area (Å²) in [5.41, 5.74) is 4.25. The van der Waals surface area contributed by atoms with Crippen molar-refractivity contribution in [2.24, 2.45) is 0 Å².